The number of nitrogens with two attached hydrogens (primary N) is 1. The van der Waals surface area contributed by atoms with Crippen LogP contribution in [-0.2, 0) is 16.1 Å². The summed E-state index contributed by atoms with van der Waals surface area (Å²) in [5, 5.41) is 9.98. The molecule has 3 unspecified atom stereocenters. The van der Waals surface area contributed by atoms with E-state index in [4.69, 9.17) is 26.8 Å². The number of primary amides is 1. The van der Waals surface area contributed by atoms with Crippen molar-refractivity contribution in [3.8, 4) is 11.5 Å². The summed E-state index contributed by atoms with van der Waals surface area (Å²) in [4.78, 5) is 24.8. The van der Waals surface area contributed by atoms with Crippen molar-refractivity contribution in [3.05, 3.63) is 22.7 Å². The van der Waals surface area contributed by atoms with Gasteiger partial charge < -0.3 is 20.3 Å². The number of methoxy groups -OCH3 is 1. The van der Waals surface area contributed by atoms with Gasteiger partial charge in [-0.1, -0.05) is 24.4 Å². The number of ether oxygens (including phenoxy) is 2. The first kappa shape index (κ1) is 19.8. The van der Waals surface area contributed by atoms with Gasteiger partial charge in [-0.15, -0.1) is 0 Å². The topological polar surface area (TPSA) is 102 Å². The fourth-order valence-corrected chi connectivity index (χ4v) is 4.67. The molecule has 2 aliphatic rings. The van der Waals surface area contributed by atoms with Crippen LogP contribution in [0.3, 0.4) is 0 Å². The van der Waals surface area contributed by atoms with E-state index in [0.717, 1.165) is 24.8 Å². The smallest absolute Gasteiger partial charge is 0.320 e. The summed E-state index contributed by atoms with van der Waals surface area (Å²) < 4.78 is 10.7. The molecule has 0 aromatic heterocycles. The highest BCUT2D eigenvalue weighted by molar-refractivity contribution is 6.32. The van der Waals surface area contributed by atoms with Crippen LogP contribution in [-0.4, -0.2) is 47.7 Å². The van der Waals surface area contributed by atoms with E-state index in [1.807, 2.05) is 0 Å². The van der Waals surface area contributed by atoms with Crippen molar-refractivity contribution in [2.75, 3.05) is 13.7 Å². The Labute approximate surface area is 163 Å². The monoisotopic (exact) mass is 396 g/mol. The zero-order valence-electron chi connectivity index (χ0n) is 15.3. The highest BCUT2D eigenvalue weighted by atomic mass is 35.5. The first-order chi connectivity index (χ1) is 12.9. The number of likely N-dealkylation sites (tertiary alicyclic amines) is 1. The second-order valence-corrected chi connectivity index (χ2v) is 7.65. The second kappa shape index (κ2) is 8.35. The van der Waals surface area contributed by atoms with Gasteiger partial charge in [0, 0.05) is 12.6 Å². The SMILES string of the molecule is COc1cc(CN2C(C(=O)O)CC3CCCCC32)cc(Cl)c1OCC(N)=O. The van der Waals surface area contributed by atoms with Crippen molar-refractivity contribution in [1.29, 1.82) is 0 Å². The average Bonchev–Trinajstić information content (AvgIpc) is 2.99. The number of carboxylic acid groups (broad SMARTS) is 1. The highest BCUT2D eigenvalue weighted by Gasteiger charge is 2.45. The minimum Gasteiger partial charge on any atom is -0.493 e. The fourth-order valence-electron chi connectivity index (χ4n) is 4.38. The molecule has 7 nitrogen and oxygen atoms in total. The third-order valence-corrected chi connectivity index (χ3v) is 5.80. The number of carbonyl (C=O) groups excluding carboxylic acids is 1. The Balaban J connectivity index is 1.84. The molecule has 3 rings (SSSR count). The number of carbonyl (C=O) groups is 2. The fraction of sp³-hybridized carbons (Fsp3) is 0.579. The largest absolute Gasteiger partial charge is 0.493 e. The lowest BCUT2D eigenvalue weighted by molar-refractivity contribution is -0.142. The van der Waals surface area contributed by atoms with E-state index in [1.165, 1.54) is 13.5 Å². The third-order valence-electron chi connectivity index (χ3n) is 5.52. The van der Waals surface area contributed by atoms with Gasteiger partial charge in [-0.05, 0) is 42.9 Å². The molecular formula is C19H25ClN2O5. The van der Waals surface area contributed by atoms with Crippen molar-refractivity contribution in [3.63, 3.8) is 0 Å². The second-order valence-electron chi connectivity index (χ2n) is 7.24. The zero-order valence-corrected chi connectivity index (χ0v) is 16.1. The molecule has 0 radical (unpaired) electrons. The molecule has 1 heterocycles. The average molecular weight is 397 g/mol. The Bertz CT molecular complexity index is 726. The van der Waals surface area contributed by atoms with Crippen molar-refractivity contribution in [2.24, 2.45) is 11.7 Å². The molecule has 1 aliphatic carbocycles. The predicted molar refractivity (Wildman–Crippen MR) is 100 cm³/mol. The molecule has 148 valence electrons. The minimum absolute atomic E-state index is 0.258. The molecule has 1 amide bonds. The van der Waals surface area contributed by atoms with Crippen LogP contribution in [0.4, 0.5) is 0 Å². The first-order valence-electron chi connectivity index (χ1n) is 9.16. The van der Waals surface area contributed by atoms with E-state index in [0.29, 0.717) is 29.7 Å². The molecule has 3 atom stereocenters. The maximum Gasteiger partial charge on any atom is 0.320 e. The molecule has 0 spiro atoms. The molecule has 3 N–H and O–H groups in total. The molecule has 1 aromatic carbocycles. The van der Waals surface area contributed by atoms with Gasteiger partial charge in [-0.3, -0.25) is 14.5 Å². The number of carboxylic acids is 1. The van der Waals surface area contributed by atoms with Crippen LogP contribution in [0.25, 0.3) is 0 Å². The maximum atomic E-state index is 11.8. The van der Waals surface area contributed by atoms with Gasteiger partial charge in [0.15, 0.2) is 18.1 Å². The van der Waals surface area contributed by atoms with Crippen LogP contribution in [0.15, 0.2) is 12.1 Å². The normalized spacial score (nSPS) is 25.0. The quantitative estimate of drug-likeness (QED) is 0.733. The zero-order chi connectivity index (χ0) is 19.6. The molecule has 8 heteroatoms. The van der Waals surface area contributed by atoms with Gasteiger partial charge in [-0.25, -0.2) is 0 Å². The van der Waals surface area contributed by atoms with E-state index in [2.05, 4.69) is 4.90 Å². The molecule has 2 fully saturated rings. The number of rotatable bonds is 7. The van der Waals surface area contributed by atoms with Crippen molar-refractivity contribution in [1.82, 2.24) is 4.90 Å². The van der Waals surface area contributed by atoms with E-state index < -0.39 is 17.9 Å². The van der Waals surface area contributed by atoms with E-state index in [-0.39, 0.29) is 18.4 Å². The Hall–Kier alpha value is -1.99. The van der Waals surface area contributed by atoms with Gasteiger partial charge >= 0.3 is 5.97 Å². The summed E-state index contributed by atoms with van der Waals surface area (Å²) >= 11 is 6.33. The lowest BCUT2D eigenvalue weighted by atomic mass is 9.84. The van der Waals surface area contributed by atoms with Crippen LogP contribution in [0.1, 0.15) is 37.7 Å². The Morgan fingerprint density at radius 1 is 1.33 bits per heavy atom. The molecule has 1 saturated carbocycles. The molecule has 1 aromatic rings. The van der Waals surface area contributed by atoms with E-state index in [1.54, 1.807) is 12.1 Å². The van der Waals surface area contributed by atoms with Gasteiger partial charge in [-0.2, -0.15) is 0 Å². The van der Waals surface area contributed by atoms with Gasteiger partial charge in [0.05, 0.1) is 12.1 Å². The Morgan fingerprint density at radius 3 is 2.74 bits per heavy atom. The number of halogens is 1. The summed E-state index contributed by atoms with van der Waals surface area (Å²) in [6.45, 7) is 0.177. The van der Waals surface area contributed by atoms with E-state index in [9.17, 15) is 14.7 Å². The highest BCUT2D eigenvalue weighted by Crippen LogP contribution is 2.42. The van der Waals surface area contributed by atoms with Gasteiger partial charge in [0.1, 0.15) is 6.04 Å². The lowest BCUT2D eigenvalue weighted by Gasteiger charge is -2.33. The summed E-state index contributed by atoms with van der Waals surface area (Å²) in [5.74, 6) is -0.292. The van der Waals surface area contributed by atoms with Gasteiger partial charge in [0.2, 0.25) is 0 Å². The van der Waals surface area contributed by atoms with Crippen LogP contribution in [0.5, 0.6) is 11.5 Å². The number of benzene rings is 1. The minimum atomic E-state index is -0.774. The van der Waals surface area contributed by atoms with E-state index >= 15 is 0 Å². The van der Waals surface area contributed by atoms with Crippen LogP contribution >= 0.6 is 11.6 Å². The van der Waals surface area contributed by atoms with Crippen molar-refractivity contribution in [2.45, 2.75) is 50.7 Å². The molecule has 1 aliphatic heterocycles. The van der Waals surface area contributed by atoms with Crippen LogP contribution in [0, 0.1) is 5.92 Å². The molecule has 27 heavy (non-hydrogen) atoms. The Morgan fingerprint density at radius 2 is 2.07 bits per heavy atom. The molecular weight excluding hydrogens is 372 g/mol. The number of amides is 1. The summed E-state index contributed by atoms with van der Waals surface area (Å²) in [6.07, 6.45) is 5.12. The van der Waals surface area contributed by atoms with Crippen molar-refractivity contribution < 1.29 is 24.2 Å². The predicted octanol–water partition coefficient (Wildman–Crippen LogP) is 2.43. The maximum absolute atomic E-state index is 11.8. The van der Waals surface area contributed by atoms with Crippen molar-refractivity contribution >= 4 is 23.5 Å². The van der Waals surface area contributed by atoms with Crippen LogP contribution < -0.4 is 15.2 Å². The number of nitrogens with zero attached hydrogens (tertiary/aromatic N) is 1. The molecule has 1 saturated heterocycles. The number of hydrogen-bond acceptors (Lipinski definition) is 5. The lowest BCUT2D eigenvalue weighted by Crippen LogP contribution is -2.41. The first-order valence-corrected chi connectivity index (χ1v) is 9.54. The van der Waals surface area contributed by atoms with Crippen LogP contribution in [0.2, 0.25) is 5.02 Å². The molecule has 0 bridgehead atoms. The summed E-state index contributed by atoms with van der Waals surface area (Å²) in [6, 6.07) is 3.32. The standard InChI is InChI=1S/C19H25ClN2O5/c1-26-16-7-11(6-13(20)18(16)27-10-17(21)23)9-22-14-5-3-2-4-12(14)8-15(22)19(24)25/h6-7,12,14-15H,2-5,8-10H2,1H3,(H2,21,23)(H,24,25). The number of aliphatic carboxylic acids is 1. The number of hydrogen-bond donors (Lipinski definition) is 2. The number of fused-ring (bicyclic) bond motifs is 1. The third kappa shape index (κ3) is 4.30. The summed E-state index contributed by atoms with van der Waals surface area (Å²) in [5.41, 5.74) is 5.96. The summed E-state index contributed by atoms with van der Waals surface area (Å²) in [7, 11) is 1.49. The van der Waals surface area contributed by atoms with Gasteiger partial charge in [0.25, 0.3) is 5.91 Å². The Kier molecular flexibility index (Phi) is 6.11.